The fraction of sp³-hybridized carbons (Fsp3) is 0.778. The van der Waals surface area contributed by atoms with Crippen LogP contribution in [0.25, 0.3) is 0 Å². The summed E-state index contributed by atoms with van der Waals surface area (Å²) in [5.74, 6) is -1.34. The first-order chi connectivity index (χ1) is 6.52. The maximum atomic E-state index is 10.9. The van der Waals surface area contributed by atoms with Crippen LogP contribution in [0, 0.1) is 5.92 Å². The zero-order valence-corrected chi connectivity index (χ0v) is 8.65. The van der Waals surface area contributed by atoms with Crippen LogP contribution in [-0.4, -0.2) is 37.4 Å². The Balaban J connectivity index is 3.82. The Morgan fingerprint density at radius 1 is 1.14 bits per heavy atom. The van der Waals surface area contributed by atoms with E-state index in [0.717, 1.165) is 0 Å². The molecule has 1 N–H and O–H groups in total. The molecule has 0 rings (SSSR count). The molecule has 5 nitrogen and oxygen atoms in total. The lowest BCUT2D eigenvalue weighted by Crippen LogP contribution is -2.23. The molecule has 0 aromatic carbocycles. The van der Waals surface area contributed by atoms with Gasteiger partial charge in [-0.05, 0) is 12.8 Å². The Bertz CT molecular complexity index is 179. The van der Waals surface area contributed by atoms with Crippen molar-refractivity contribution in [3.8, 4) is 0 Å². The van der Waals surface area contributed by atoms with E-state index in [0.29, 0.717) is 6.42 Å². The molecular weight excluding hydrogens is 188 g/mol. The Labute approximate surface area is 83.0 Å². The minimum absolute atomic E-state index is 0.197. The molecule has 14 heavy (non-hydrogen) atoms. The van der Waals surface area contributed by atoms with Gasteiger partial charge in [0.2, 0.25) is 0 Å². The molecule has 0 aliphatic rings. The number of hydrogen-bond acceptors (Lipinski definition) is 5. The minimum atomic E-state index is -1.16. The second kappa shape index (κ2) is 6.37. The average molecular weight is 204 g/mol. The van der Waals surface area contributed by atoms with Gasteiger partial charge in [-0.2, -0.15) is 0 Å². The summed E-state index contributed by atoms with van der Waals surface area (Å²) >= 11 is 0. The molecule has 0 aliphatic heterocycles. The summed E-state index contributed by atoms with van der Waals surface area (Å²) in [6, 6.07) is 0. The summed E-state index contributed by atoms with van der Waals surface area (Å²) in [7, 11) is 2.50. The van der Waals surface area contributed by atoms with Crippen LogP contribution in [0.15, 0.2) is 0 Å². The van der Waals surface area contributed by atoms with Crippen molar-refractivity contribution in [1.82, 2.24) is 0 Å². The van der Waals surface area contributed by atoms with Crippen molar-refractivity contribution < 1.29 is 24.2 Å². The van der Waals surface area contributed by atoms with Crippen molar-refractivity contribution >= 4 is 11.9 Å². The largest absolute Gasteiger partial charge is 0.469 e. The Morgan fingerprint density at radius 3 is 2.07 bits per heavy atom. The zero-order valence-electron chi connectivity index (χ0n) is 8.65. The third kappa shape index (κ3) is 4.23. The lowest BCUT2D eigenvalue weighted by atomic mass is 10.0. The van der Waals surface area contributed by atoms with Gasteiger partial charge in [0.1, 0.15) is 0 Å². The van der Waals surface area contributed by atoms with E-state index >= 15 is 0 Å². The highest BCUT2D eigenvalue weighted by atomic mass is 16.5. The summed E-state index contributed by atoms with van der Waals surface area (Å²) in [5.41, 5.74) is 0. The number of aliphatic hydroxyl groups is 1. The van der Waals surface area contributed by atoms with Crippen molar-refractivity contribution in [3.05, 3.63) is 0 Å². The van der Waals surface area contributed by atoms with E-state index in [-0.39, 0.29) is 18.3 Å². The predicted octanol–water partition coefficient (Wildman–Crippen LogP) is 0.110. The molecule has 0 spiro atoms. The Kier molecular flexibility index (Phi) is 5.87. The molecule has 0 amide bonds. The molecule has 0 aliphatic carbocycles. The average Bonchev–Trinajstić information content (AvgIpc) is 2.22. The predicted molar refractivity (Wildman–Crippen MR) is 48.4 cm³/mol. The van der Waals surface area contributed by atoms with Crippen LogP contribution in [0.1, 0.15) is 19.8 Å². The van der Waals surface area contributed by atoms with Crippen molar-refractivity contribution in [2.75, 3.05) is 14.2 Å². The van der Waals surface area contributed by atoms with Crippen molar-refractivity contribution in [2.45, 2.75) is 25.9 Å². The van der Waals surface area contributed by atoms with Gasteiger partial charge in [-0.15, -0.1) is 0 Å². The zero-order chi connectivity index (χ0) is 11.1. The first-order valence-corrected chi connectivity index (χ1v) is 4.36. The molecule has 0 bridgehead atoms. The highest BCUT2D eigenvalue weighted by Gasteiger charge is 2.19. The highest BCUT2D eigenvalue weighted by molar-refractivity contribution is 5.74. The number of aliphatic hydroxyl groups excluding tert-OH is 1. The topological polar surface area (TPSA) is 72.8 Å². The number of ether oxygens (including phenoxy) is 2. The summed E-state index contributed by atoms with van der Waals surface area (Å²) in [6.07, 6.45) is -0.571. The van der Waals surface area contributed by atoms with Gasteiger partial charge in [0.05, 0.1) is 20.1 Å². The molecule has 0 aromatic rings. The Morgan fingerprint density at radius 2 is 1.64 bits per heavy atom. The summed E-state index contributed by atoms with van der Waals surface area (Å²) < 4.78 is 8.82. The van der Waals surface area contributed by atoms with Crippen LogP contribution < -0.4 is 0 Å². The fourth-order valence-electron chi connectivity index (χ4n) is 0.981. The number of rotatable bonds is 5. The van der Waals surface area contributed by atoms with E-state index in [1.165, 1.54) is 14.2 Å². The lowest BCUT2D eigenvalue weighted by molar-refractivity contribution is -0.152. The van der Waals surface area contributed by atoms with Crippen LogP contribution in [0.4, 0.5) is 0 Å². The molecule has 0 unspecified atom stereocenters. The number of carbonyl (C=O) groups excluding carboxylic acids is 2. The molecule has 0 saturated heterocycles. The molecule has 2 atom stereocenters. The van der Waals surface area contributed by atoms with E-state index in [4.69, 9.17) is 0 Å². The third-order valence-electron chi connectivity index (χ3n) is 1.95. The third-order valence-corrected chi connectivity index (χ3v) is 1.95. The first-order valence-electron chi connectivity index (χ1n) is 4.36. The SMILES string of the molecule is COC(=O)[C@H](O)CC[C@H](C)C(=O)OC. The molecule has 0 saturated carbocycles. The van der Waals surface area contributed by atoms with E-state index < -0.39 is 12.1 Å². The van der Waals surface area contributed by atoms with E-state index in [1.807, 2.05) is 0 Å². The van der Waals surface area contributed by atoms with E-state index in [1.54, 1.807) is 6.92 Å². The van der Waals surface area contributed by atoms with Gasteiger partial charge in [0.15, 0.2) is 6.10 Å². The first kappa shape index (κ1) is 12.9. The summed E-state index contributed by atoms with van der Waals surface area (Å²) in [6.45, 7) is 1.68. The van der Waals surface area contributed by atoms with Crippen LogP contribution in [-0.2, 0) is 19.1 Å². The molecule has 5 heteroatoms. The number of carbonyl (C=O) groups is 2. The minimum Gasteiger partial charge on any atom is -0.469 e. The van der Waals surface area contributed by atoms with Crippen LogP contribution in [0.3, 0.4) is 0 Å². The second-order valence-electron chi connectivity index (χ2n) is 3.04. The summed E-state index contributed by atoms with van der Waals surface area (Å²) in [4.78, 5) is 21.7. The number of hydrogen-bond donors (Lipinski definition) is 1. The molecular formula is C9H16O5. The quantitative estimate of drug-likeness (QED) is 0.643. The normalized spacial score (nSPS) is 14.3. The molecule has 0 fully saturated rings. The smallest absolute Gasteiger partial charge is 0.334 e. The monoisotopic (exact) mass is 204 g/mol. The molecule has 0 radical (unpaired) electrons. The van der Waals surface area contributed by atoms with Gasteiger partial charge in [-0.25, -0.2) is 4.79 Å². The van der Waals surface area contributed by atoms with E-state index in [2.05, 4.69) is 9.47 Å². The van der Waals surface area contributed by atoms with Crippen molar-refractivity contribution in [1.29, 1.82) is 0 Å². The van der Waals surface area contributed by atoms with Gasteiger partial charge >= 0.3 is 11.9 Å². The lowest BCUT2D eigenvalue weighted by Gasteiger charge is -2.11. The van der Waals surface area contributed by atoms with Crippen molar-refractivity contribution in [3.63, 3.8) is 0 Å². The van der Waals surface area contributed by atoms with Crippen molar-refractivity contribution in [2.24, 2.45) is 5.92 Å². The second-order valence-corrected chi connectivity index (χ2v) is 3.04. The molecule has 82 valence electrons. The number of esters is 2. The summed E-state index contributed by atoms with van der Waals surface area (Å²) in [5, 5.41) is 9.19. The number of methoxy groups -OCH3 is 2. The van der Waals surface area contributed by atoms with Gasteiger partial charge < -0.3 is 14.6 Å². The van der Waals surface area contributed by atoms with E-state index in [9.17, 15) is 14.7 Å². The molecule has 0 aromatic heterocycles. The molecule has 0 heterocycles. The van der Waals surface area contributed by atoms with Crippen LogP contribution in [0.2, 0.25) is 0 Å². The maximum Gasteiger partial charge on any atom is 0.334 e. The van der Waals surface area contributed by atoms with Crippen LogP contribution in [0.5, 0.6) is 0 Å². The fourth-order valence-corrected chi connectivity index (χ4v) is 0.981. The Hall–Kier alpha value is -1.10. The van der Waals surface area contributed by atoms with Gasteiger partial charge in [-0.3, -0.25) is 4.79 Å². The van der Waals surface area contributed by atoms with Crippen LogP contribution >= 0.6 is 0 Å². The highest BCUT2D eigenvalue weighted by Crippen LogP contribution is 2.10. The maximum absolute atomic E-state index is 10.9. The standard InChI is InChI=1S/C9H16O5/c1-6(8(11)13-2)4-5-7(10)9(12)14-3/h6-7,10H,4-5H2,1-3H3/t6-,7+/m0/s1. The van der Waals surface area contributed by atoms with Gasteiger partial charge in [0.25, 0.3) is 0 Å². The van der Waals surface area contributed by atoms with Gasteiger partial charge in [-0.1, -0.05) is 6.92 Å². The van der Waals surface area contributed by atoms with Gasteiger partial charge in [0, 0.05) is 0 Å².